The molecule has 0 aromatic carbocycles. The summed E-state index contributed by atoms with van der Waals surface area (Å²) in [5.41, 5.74) is 0. The van der Waals surface area contributed by atoms with E-state index in [9.17, 15) is 4.79 Å². The van der Waals surface area contributed by atoms with Gasteiger partial charge < -0.3 is 10.6 Å². The molecule has 1 fully saturated rings. The van der Waals surface area contributed by atoms with Gasteiger partial charge in [0, 0.05) is 12.6 Å². The number of rotatable bonds is 7. The van der Waals surface area contributed by atoms with Gasteiger partial charge >= 0.3 is 0 Å². The molecule has 1 aliphatic rings. The van der Waals surface area contributed by atoms with E-state index in [4.69, 9.17) is 0 Å². The normalized spacial score (nSPS) is 25.3. The minimum absolute atomic E-state index is 0.0623. The Kier molecular flexibility index (Phi) is 7.44. The quantitative estimate of drug-likeness (QED) is 0.745. The molecule has 3 heteroatoms. The Morgan fingerprint density at radius 2 is 2.00 bits per heavy atom. The van der Waals surface area contributed by atoms with E-state index in [1.807, 2.05) is 6.92 Å². The van der Waals surface area contributed by atoms with Crippen LogP contribution in [0, 0.1) is 11.8 Å². The van der Waals surface area contributed by atoms with Crippen molar-refractivity contribution in [3.05, 3.63) is 0 Å². The van der Waals surface area contributed by atoms with Crippen molar-refractivity contribution in [2.45, 2.75) is 78.3 Å². The second-order valence-corrected chi connectivity index (χ2v) is 6.50. The van der Waals surface area contributed by atoms with Crippen molar-refractivity contribution in [3.63, 3.8) is 0 Å². The lowest BCUT2D eigenvalue weighted by molar-refractivity contribution is -0.123. The molecular formula is C16H32N2O. The average Bonchev–Trinajstić information content (AvgIpc) is 2.38. The number of carbonyl (C=O) groups is 1. The molecule has 0 heterocycles. The molecule has 1 amide bonds. The zero-order valence-corrected chi connectivity index (χ0v) is 13.2. The van der Waals surface area contributed by atoms with E-state index in [1.165, 1.54) is 32.1 Å². The highest BCUT2D eigenvalue weighted by atomic mass is 16.2. The van der Waals surface area contributed by atoms with E-state index in [2.05, 4.69) is 31.4 Å². The van der Waals surface area contributed by atoms with Crippen LogP contribution < -0.4 is 10.6 Å². The highest BCUT2D eigenvalue weighted by molar-refractivity contribution is 5.81. The summed E-state index contributed by atoms with van der Waals surface area (Å²) in [6, 6.07) is 0.470. The first kappa shape index (κ1) is 16.5. The third-order valence-electron chi connectivity index (χ3n) is 4.26. The van der Waals surface area contributed by atoms with Crippen LogP contribution in [-0.4, -0.2) is 24.5 Å². The first-order valence-corrected chi connectivity index (χ1v) is 8.06. The minimum Gasteiger partial charge on any atom is -0.355 e. The van der Waals surface area contributed by atoms with Gasteiger partial charge in [-0.2, -0.15) is 0 Å². The molecule has 0 aliphatic heterocycles. The highest BCUT2D eigenvalue weighted by Gasteiger charge is 2.23. The van der Waals surface area contributed by atoms with Gasteiger partial charge in [-0.25, -0.2) is 0 Å². The van der Waals surface area contributed by atoms with Crippen LogP contribution in [0.5, 0.6) is 0 Å². The van der Waals surface area contributed by atoms with E-state index in [-0.39, 0.29) is 11.9 Å². The molecule has 3 nitrogen and oxygen atoms in total. The van der Waals surface area contributed by atoms with Gasteiger partial charge in [0.25, 0.3) is 0 Å². The molecule has 0 spiro atoms. The lowest BCUT2D eigenvalue weighted by Crippen LogP contribution is -2.48. The van der Waals surface area contributed by atoms with E-state index >= 15 is 0 Å². The van der Waals surface area contributed by atoms with Crippen molar-refractivity contribution in [1.29, 1.82) is 0 Å². The topological polar surface area (TPSA) is 41.1 Å². The van der Waals surface area contributed by atoms with E-state index < -0.39 is 0 Å². The Balaban J connectivity index is 2.25. The summed E-state index contributed by atoms with van der Waals surface area (Å²) in [4.78, 5) is 12.0. The molecule has 3 unspecified atom stereocenters. The summed E-state index contributed by atoms with van der Waals surface area (Å²) in [5.74, 6) is 1.65. The summed E-state index contributed by atoms with van der Waals surface area (Å²) in [7, 11) is 0. The van der Waals surface area contributed by atoms with E-state index in [1.54, 1.807) is 0 Å². The highest BCUT2D eigenvalue weighted by Crippen LogP contribution is 2.26. The lowest BCUT2D eigenvalue weighted by atomic mass is 9.84. The van der Waals surface area contributed by atoms with Crippen LogP contribution in [-0.2, 0) is 4.79 Å². The van der Waals surface area contributed by atoms with Gasteiger partial charge in [-0.3, -0.25) is 4.79 Å². The van der Waals surface area contributed by atoms with Crippen molar-refractivity contribution < 1.29 is 4.79 Å². The first-order chi connectivity index (χ1) is 9.02. The van der Waals surface area contributed by atoms with Crippen LogP contribution in [0.2, 0.25) is 0 Å². The molecule has 1 saturated carbocycles. The Hall–Kier alpha value is -0.570. The zero-order chi connectivity index (χ0) is 14.3. The fourth-order valence-electron chi connectivity index (χ4n) is 2.88. The van der Waals surface area contributed by atoms with Gasteiger partial charge in [-0.15, -0.1) is 0 Å². The molecule has 3 atom stereocenters. The Morgan fingerprint density at radius 1 is 1.26 bits per heavy atom. The van der Waals surface area contributed by atoms with E-state index in [0.717, 1.165) is 18.9 Å². The number of hydrogen-bond donors (Lipinski definition) is 2. The summed E-state index contributed by atoms with van der Waals surface area (Å²) in [6.45, 7) is 9.42. The smallest absolute Gasteiger partial charge is 0.236 e. The fraction of sp³-hybridized carbons (Fsp3) is 0.938. The predicted octanol–water partition coefficient (Wildman–Crippen LogP) is 3.10. The second kappa shape index (κ2) is 8.57. The van der Waals surface area contributed by atoms with Crippen LogP contribution >= 0.6 is 0 Å². The van der Waals surface area contributed by atoms with Gasteiger partial charge in [0.15, 0.2) is 0 Å². The summed E-state index contributed by atoms with van der Waals surface area (Å²) < 4.78 is 0. The van der Waals surface area contributed by atoms with E-state index in [0.29, 0.717) is 12.0 Å². The molecule has 0 aromatic rings. The molecule has 0 radical (unpaired) electrons. The summed E-state index contributed by atoms with van der Waals surface area (Å²) in [6.07, 6.45) is 7.45. The fourth-order valence-corrected chi connectivity index (χ4v) is 2.88. The number of hydrogen-bond acceptors (Lipinski definition) is 2. The monoisotopic (exact) mass is 268 g/mol. The third kappa shape index (κ3) is 6.42. The van der Waals surface area contributed by atoms with Gasteiger partial charge in [0.1, 0.15) is 0 Å². The Morgan fingerprint density at radius 3 is 2.63 bits per heavy atom. The third-order valence-corrected chi connectivity index (χ3v) is 4.26. The molecule has 0 saturated heterocycles. The van der Waals surface area contributed by atoms with Crippen LogP contribution in [0.15, 0.2) is 0 Å². The van der Waals surface area contributed by atoms with Crippen molar-refractivity contribution in [2.24, 2.45) is 11.8 Å². The number of amides is 1. The Labute approximate surface area is 118 Å². The van der Waals surface area contributed by atoms with Crippen molar-refractivity contribution >= 4 is 5.91 Å². The molecule has 112 valence electrons. The van der Waals surface area contributed by atoms with Crippen LogP contribution in [0.25, 0.3) is 0 Å². The maximum absolute atomic E-state index is 12.0. The van der Waals surface area contributed by atoms with Crippen LogP contribution in [0.4, 0.5) is 0 Å². The van der Waals surface area contributed by atoms with Crippen molar-refractivity contribution in [2.75, 3.05) is 6.54 Å². The maximum Gasteiger partial charge on any atom is 0.236 e. The molecule has 2 N–H and O–H groups in total. The minimum atomic E-state index is -0.0623. The van der Waals surface area contributed by atoms with Gasteiger partial charge in [-0.1, -0.05) is 40.0 Å². The molecule has 1 aliphatic carbocycles. The first-order valence-electron chi connectivity index (χ1n) is 8.06. The standard InChI is InChI=1S/C16H32N2O/c1-5-14-7-6-8-15(11-14)18-13(4)16(19)17-10-9-12(2)3/h12-15,18H,5-11H2,1-4H3,(H,17,19). The molecule has 19 heavy (non-hydrogen) atoms. The van der Waals surface area contributed by atoms with Gasteiger partial charge in [0.2, 0.25) is 5.91 Å². The molecule has 1 rings (SSSR count). The van der Waals surface area contributed by atoms with Gasteiger partial charge in [-0.05, 0) is 38.0 Å². The van der Waals surface area contributed by atoms with Crippen molar-refractivity contribution in [3.8, 4) is 0 Å². The van der Waals surface area contributed by atoms with Crippen LogP contribution in [0.1, 0.15) is 66.2 Å². The molecule has 0 aromatic heterocycles. The number of carbonyl (C=O) groups excluding carboxylic acids is 1. The maximum atomic E-state index is 12.0. The SMILES string of the molecule is CCC1CCCC(NC(C)C(=O)NCCC(C)C)C1. The molecular weight excluding hydrogens is 236 g/mol. The average molecular weight is 268 g/mol. The lowest BCUT2D eigenvalue weighted by Gasteiger charge is -2.31. The van der Waals surface area contributed by atoms with Crippen LogP contribution in [0.3, 0.4) is 0 Å². The second-order valence-electron chi connectivity index (χ2n) is 6.50. The van der Waals surface area contributed by atoms with Crippen molar-refractivity contribution in [1.82, 2.24) is 10.6 Å². The largest absolute Gasteiger partial charge is 0.355 e. The zero-order valence-electron chi connectivity index (χ0n) is 13.2. The predicted molar refractivity (Wildman–Crippen MR) is 81.1 cm³/mol. The summed E-state index contributed by atoms with van der Waals surface area (Å²) >= 11 is 0. The number of nitrogens with one attached hydrogen (secondary N) is 2. The summed E-state index contributed by atoms with van der Waals surface area (Å²) in [5, 5.41) is 6.54. The van der Waals surface area contributed by atoms with Gasteiger partial charge in [0.05, 0.1) is 6.04 Å². The molecule has 0 bridgehead atoms. The Bertz CT molecular complexity index is 265.